The van der Waals surface area contributed by atoms with Gasteiger partial charge >= 0.3 is 0 Å². The molecule has 4 rings (SSSR count). The highest BCUT2D eigenvalue weighted by atomic mass is 16.2. The first-order chi connectivity index (χ1) is 12.2. The molecule has 0 spiro atoms. The number of rotatable bonds is 5. The lowest BCUT2D eigenvalue weighted by atomic mass is 9.90. The van der Waals surface area contributed by atoms with E-state index >= 15 is 0 Å². The highest BCUT2D eigenvalue weighted by Gasteiger charge is 2.35. The summed E-state index contributed by atoms with van der Waals surface area (Å²) in [4.78, 5) is 26.9. The standard InChI is InChI=1S/C21H32N2O2/c24-20(22-10-7-19-14-15-5-6-18(19)13-15)16-8-11-23(12-9-16)21(25)17-3-1-2-4-17/h5-6,15-19H,1-4,7-14H2,(H,22,24)/t15-,18+,19-/m1/s1. The molecule has 3 atom stereocenters. The lowest BCUT2D eigenvalue weighted by Crippen LogP contribution is -2.45. The topological polar surface area (TPSA) is 49.4 Å². The van der Waals surface area contributed by atoms with E-state index in [-0.39, 0.29) is 17.7 Å². The molecule has 2 amide bonds. The second-order valence-corrected chi connectivity index (χ2v) is 8.70. The predicted molar refractivity (Wildman–Crippen MR) is 97.7 cm³/mol. The summed E-state index contributed by atoms with van der Waals surface area (Å²) in [7, 11) is 0. The lowest BCUT2D eigenvalue weighted by Gasteiger charge is -2.33. The van der Waals surface area contributed by atoms with E-state index in [1.165, 1.54) is 25.7 Å². The van der Waals surface area contributed by atoms with E-state index in [0.717, 1.165) is 69.5 Å². The number of fused-ring (bicyclic) bond motifs is 2. The van der Waals surface area contributed by atoms with E-state index in [4.69, 9.17) is 0 Å². The van der Waals surface area contributed by atoms with Crippen LogP contribution in [0.4, 0.5) is 0 Å². The summed E-state index contributed by atoms with van der Waals surface area (Å²) in [6, 6.07) is 0. The molecule has 1 N–H and O–H groups in total. The highest BCUT2D eigenvalue weighted by Crippen LogP contribution is 2.44. The average molecular weight is 344 g/mol. The monoisotopic (exact) mass is 344 g/mol. The molecule has 1 aliphatic heterocycles. The number of likely N-dealkylation sites (tertiary alicyclic amines) is 1. The first-order valence-electron chi connectivity index (χ1n) is 10.5. The van der Waals surface area contributed by atoms with Gasteiger partial charge in [0.1, 0.15) is 0 Å². The largest absolute Gasteiger partial charge is 0.356 e. The predicted octanol–water partition coefficient (Wildman–Crippen LogP) is 3.13. The summed E-state index contributed by atoms with van der Waals surface area (Å²) in [6.07, 6.45) is 14.7. The zero-order valence-corrected chi connectivity index (χ0v) is 15.3. The zero-order valence-electron chi connectivity index (χ0n) is 15.3. The van der Waals surface area contributed by atoms with E-state index in [1.807, 2.05) is 4.90 Å². The zero-order chi connectivity index (χ0) is 17.2. The molecule has 4 nitrogen and oxygen atoms in total. The molecule has 1 saturated heterocycles. The number of nitrogens with one attached hydrogen (secondary N) is 1. The number of carbonyl (C=O) groups is 2. The van der Waals surface area contributed by atoms with Crippen molar-refractivity contribution in [2.75, 3.05) is 19.6 Å². The van der Waals surface area contributed by atoms with Crippen LogP contribution in [0.1, 0.15) is 57.8 Å². The fourth-order valence-corrected chi connectivity index (χ4v) is 5.54. The number of allylic oxidation sites excluding steroid dienone is 2. The Morgan fingerprint density at radius 1 is 0.960 bits per heavy atom. The van der Waals surface area contributed by atoms with Crippen LogP contribution in [-0.4, -0.2) is 36.3 Å². The van der Waals surface area contributed by atoms with Crippen molar-refractivity contribution in [1.29, 1.82) is 0 Å². The SMILES string of the molecule is O=C(NCC[C@@H]1C[C@@H]2C=C[C@H]1C2)C1CCN(C(=O)C2CCCC2)CC1. The van der Waals surface area contributed by atoms with E-state index in [0.29, 0.717) is 5.91 Å². The van der Waals surface area contributed by atoms with Gasteiger partial charge in [0.05, 0.1) is 0 Å². The third kappa shape index (κ3) is 3.78. The van der Waals surface area contributed by atoms with Gasteiger partial charge < -0.3 is 10.2 Å². The molecule has 3 aliphatic carbocycles. The fraction of sp³-hybridized carbons (Fsp3) is 0.810. The minimum Gasteiger partial charge on any atom is -0.356 e. The van der Waals surface area contributed by atoms with Crippen LogP contribution in [-0.2, 0) is 9.59 Å². The van der Waals surface area contributed by atoms with Crippen molar-refractivity contribution in [3.05, 3.63) is 12.2 Å². The lowest BCUT2D eigenvalue weighted by molar-refractivity contribution is -0.139. The van der Waals surface area contributed by atoms with Crippen LogP contribution in [0.5, 0.6) is 0 Å². The number of nitrogens with zero attached hydrogens (tertiary/aromatic N) is 1. The van der Waals surface area contributed by atoms with E-state index in [1.54, 1.807) is 0 Å². The Morgan fingerprint density at radius 2 is 1.72 bits per heavy atom. The maximum atomic E-state index is 12.5. The molecule has 3 fully saturated rings. The minimum atomic E-state index is 0.104. The van der Waals surface area contributed by atoms with Gasteiger partial charge in [-0.15, -0.1) is 0 Å². The fourth-order valence-electron chi connectivity index (χ4n) is 5.54. The van der Waals surface area contributed by atoms with E-state index < -0.39 is 0 Å². The highest BCUT2D eigenvalue weighted by molar-refractivity contribution is 5.81. The van der Waals surface area contributed by atoms with E-state index in [9.17, 15) is 9.59 Å². The Morgan fingerprint density at radius 3 is 2.36 bits per heavy atom. The van der Waals surface area contributed by atoms with Gasteiger partial charge in [-0.3, -0.25) is 9.59 Å². The van der Waals surface area contributed by atoms with Gasteiger partial charge in [0.2, 0.25) is 11.8 Å². The number of carbonyl (C=O) groups excluding carboxylic acids is 2. The van der Waals surface area contributed by atoms with Crippen LogP contribution in [0.25, 0.3) is 0 Å². The maximum absolute atomic E-state index is 12.5. The second-order valence-electron chi connectivity index (χ2n) is 8.70. The van der Waals surface area contributed by atoms with E-state index in [2.05, 4.69) is 17.5 Å². The number of hydrogen-bond donors (Lipinski definition) is 1. The molecule has 2 saturated carbocycles. The Labute approximate surface area is 151 Å². The third-order valence-corrected chi connectivity index (χ3v) is 7.11. The van der Waals surface area contributed by atoms with Gasteiger partial charge in [0.15, 0.2) is 0 Å². The smallest absolute Gasteiger partial charge is 0.225 e. The van der Waals surface area contributed by atoms with Crippen LogP contribution in [0.2, 0.25) is 0 Å². The van der Waals surface area contributed by atoms with Gasteiger partial charge in [0, 0.05) is 31.5 Å². The first kappa shape index (κ1) is 17.1. The van der Waals surface area contributed by atoms with Crippen LogP contribution >= 0.6 is 0 Å². The Kier molecular flexibility index (Phi) is 5.14. The van der Waals surface area contributed by atoms with Crippen molar-refractivity contribution < 1.29 is 9.59 Å². The molecule has 1 heterocycles. The second kappa shape index (κ2) is 7.51. The van der Waals surface area contributed by atoms with Gasteiger partial charge in [-0.25, -0.2) is 0 Å². The average Bonchev–Trinajstić information content (AvgIpc) is 3.39. The maximum Gasteiger partial charge on any atom is 0.225 e. The van der Waals surface area contributed by atoms with Crippen LogP contribution in [0.3, 0.4) is 0 Å². The molecule has 0 aromatic carbocycles. The molecule has 0 aromatic heterocycles. The van der Waals surface area contributed by atoms with Gasteiger partial charge in [-0.05, 0) is 62.7 Å². The number of amides is 2. The molecule has 4 aliphatic rings. The van der Waals surface area contributed by atoms with Crippen molar-refractivity contribution in [2.24, 2.45) is 29.6 Å². The first-order valence-corrected chi connectivity index (χ1v) is 10.5. The minimum absolute atomic E-state index is 0.104. The summed E-state index contributed by atoms with van der Waals surface area (Å²) in [6.45, 7) is 2.36. The molecule has 138 valence electrons. The molecular weight excluding hydrogens is 312 g/mol. The summed E-state index contributed by atoms with van der Waals surface area (Å²) < 4.78 is 0. The Balaban J connectivity index is 1.15. The molecule has 4 heteroatoms. The van der Waals surface area contributed by atoms with Crippen molar-refractivity contribution in [2.45, 2.75) is 57.8 Å². The van der Waals surface area contributed by atoms with Crippen molar-refractivity contribution in [3.8, 4) is 0 Å². The number of piperidine rings is 1. The molecule has 0 radical (unpaired) electrons. The molecule has 0 aromatic rings. The number of hydrogen-bond acceptors (Lipinski definition) is 2. The molecule has 25 heavy (non-hydrogen) atoms. The van der Waals surface area contributed by atoms with Gasteiger partial charge in [0.25, 0.3) is 0 Å². The van der Waals surface area contributed by atoms with Gasteiger partial charge in [-0.2, -0.15) is 0 Å². The quantitative estimate of drug-likeness (QED) is 0.779. The summed E-state index contributed by atoms with van der Waals surface area (Å²) in [5, 5.41) is 3.17. The normalized spacial score (nSPS) is 32.5. The van der Waals surface area contributed by atoms with Crippen molar-refractivity contribution in [1.82, 2.24) is 10.2 Å². The summed E-state index contributed by atoms with van der Waals surface area (Å²) in [5.41, 5.74) is 0. The molecular formula is C21H32N2O2. The van der Waals surface area contributed by atoms with Crippen LogP contribution < -0.4 is 5.32 Å². The third-order valence-electron chi connectivity index (χ3n) is 7.11. The van der Waals surface area contributed by atoms with Gasteiger partial charge in [-0.1, -0.05) is 25.0 Å². The van der Waals surface area contributed by atoms with Crippen molar-refractivity contribution in [3.63, 3.8) is 0 Å². The Hall–Kier alpha value is -1.32. The van der Waals surface area contributed by atoms with Crippen molar-refractivity contribution >= 4 is 11.8 Å². The summed E-state index contributed by atoms with van der Waals surface area (Å²) in [5.74, 6) is 3.29. The molecule has 0 unspecified atom stereocenters. The molecule has 2 bridgehead atoms. The van der Waals surface area contributed by atoms with Crippen LogP contribution in [0.15, 0.2) is 12.2 Å². The summed E-state index contributed by atoms with van der Waals surface area (Å²) >= 11 is 0. The van der Waals surface area contributed by atoms with Crippen LogP contribution in [0, 0.1) is 29.6 Å². The Bertz CT molecular complexity index is 530.